The summed E-state index contributed by atoms with van der Waals surface area (Å²) in [6.45, 7) is 0.314. The zero-order valence-electron chi connectivity index (χ0n) is 11.0. The molecule has 0 aliphatic rings. The van der Waals surface area contributed by atoms with Crippen molar-refractivity contribution in [1.82, 2.24) is 20.3 Å². The molecule has 1 N–H and O–H groups in total. The molecule has 0 spiro atoms. The van der Waals surface area contributed by atoms with E-state index in [2.05, 4.69) is 15.6 Å². The van der Waals surface area contributed by atoms with E-state index in [0.717, 1.165) is 9.56 Å². The van der Waals surface area contributed by atoms with Crippen LogP contribution in [0.25, 0.3) is 10.9 Å². The number of hydrogen-bond donors (Lipinski definition) is 1. The van der Waals surface area contributed by atoms with Gasteiger partial charge in [0, 0.05) is 4.88 Å². The van der Waals surface area contributed by atoms with Gasteiger partial charge in [0.25, 0.3) is 5.56 Å². The molecular weight excluding hydrogens is 288 g/mol. The number of nitrogens with one attached hydrogen (secondary N) is 1. The summed E-state index contributed by atoms with van der Waals surface area (Å²) < 4.78 is 1.08. The molecule has 0 bridgehead atoms. The zero-order valence-corrected chi connectivity index (χ0v) is 11.8. The lowest BCUT2D eigenvalue weighted by atomic mass is 10.2. The molecule has 1 amide bonds. The van der Waals surface area contributed by atoms with E-state index >= 15 is 0 Å². The Balaban J connectivity index is 1.74. The van der Waals surface area contributed by atoms with Gasteiger partial charge in [0.05, 0.1) is 11.9 Å². The summed E-state index contributed by atoms with van der Waals surface area (Å²) in [5.41, 5.74) is 0.213. The third-order valence-electron chi connectivity index (χ3n) is 2.96. The fourth-order valence-corrected chi connectivity index (χ4v) is 2.56. The average Bonchev–Trinajstić information content (AvgIpc) is 3.02. The Kier molecular flexibility index (Phi) is 3.74. The van der Waals surface area contributed by atoms with Crippen molar-refractivity contribution in [3.63, 3.8) is 0 Å². The molecule has 2 aromatic heterocycles. The first kappa shape index (κ1) is 13.4. The summed E-state index contributed by atoms with van der Waals surface area (Å²) in [5.74, 6) is -0.268. The lowest BCUT2D eigenvalue weighted by molar-refractivity contribution is -0.122. The second kappa shape index (κ2) is 5.84. The number of amides is 1. The highest BCUT2D eigenvalue weighted by molar-refractivity contribution is 7.09. The molecule has 0 unspecified atom stereocenters. The van der Waals surface area contributed by atoms with Crippen molar-refractivity contribution in [2.45, 2.75) is 13.1 Å². The SMILES string of the molecule is O=C(Cn1nnc2ccccc2c1=O)NCc1cccs1. The quantitative estimate of drug-likeness (QED) is 0.784. The largest absolute Gasteiger partial charge is 0.350 e. The summed E-state index contributed by atoms with van der Waals surface area (Å²) >= 11 is 1.57. The number of rotatable bonds is 4. The van der Waals surface area contributed by atoms with Crippen LogP contribution >= 0.6 is 11.3 Å². The molecule has 0 aliphatic heterocycles. The fourth-order valence-electron chi connectivity index (χ4n) is 1.92. The van der Waals surface area contributed by atoms with Gasteiger partial charge in [-0.2, -0.15) is 0 Å². The van der Waals surface area contributed by atoms with Crippen molar-refractivity contribution in [1.29, 1.82) is 0 Å². The second-order valence-corrected chi connectivity index (χ2v) is 5.46. The fraction of sp³-hybridized carbons (Fsp3) is 0.143. The van der Waals surface area contributed by atoms with Gasteiger partial charge in [-0.15, -0.1) is 16.4 Å². The molecule has 106 valence electrons. The molecule has 2 heterocycles. The van der Waals surface area contributed by atoms with Crippen LogP contribution in [-0.4, -0.2) is 20.9 Å². The highest BCUT2D eigenvalue weighted by Gasteiger charge is 2.09. The molecule has 0 saturated heterocycles. The molecule has 1 aromatic carbocycles. The van der Waals surface area contributed by atoms with Crippen LogP contribution in [0.3, 0.4) is 0 Å². The minimum atomic E-state index is -0.313. The summed E-state index contributed by atoms with van der Waals surface area (Å²) in [7, 11) is 0. The minimum Gasteiger partial charge on any atom is -0.350 e. The molecule has 3 rings (SSSR count). The van der Waals surface area contributed by atoms with E-state index in [4.69, 9.17) is 0 Å². The Morgan fingerprint density at radius 3 is 2.90 bits per heavy atom. The molecule has 6 nitrogen and oxygen atoms in total. The van der Waals surface area contributed by atoms with Gasteiger partial charge < -0.3 is 5.32 Å². The first-order valence-corrected chi connectivity index (χ1v) is 7.23. The summed E-state index contributed by atoms with van der Waals surface area (Å²) in [5, 5.41) is 12.9. The highest BCUT2D eigenvalue weighted by atomic mass is 32.1. The standard InChI is InChI=1S/C14H12N4O2S/c19-13(15-8-10-4-3-7-21-10)9-18-14(20)11-5-1-2-6-12(11)16-17-18/h1-7H,8-9H2,(H,15,19). The highest BCUT2D eigenvalue weighted by Crippen LogP contribution is 2.07. The van der Waals surface area contributed by atoms with E-state index in [1.54, 1.807) is 35.6 Å². The van der Waals surface area contributed by atoms with E-state index in [0.29, 0.717) is 17.4 Å². The molecule has 0 aliphatic carbocycles. The number of aromatic nitrogens is 3. The molecule has 7 heteroatoms. The zero-order chi connectivity index (χ0) is 14.7. The van der Waals surface area contributed by atoms with Crippen LogP contribution < -0.4 is 10.9 Å². The van der Waals surface area contributed by atoms with Crippen LogP contribution in [0.4, 0.5) is 0 Å². The molecule has 0 radical (unpaired) electrons. The van der Waals surface area contributed by atoms with E-state index in [-0.39, 0.29) is 18.0 Å². The van der Waals surface area contributed by atoms with Gasteiger partial charge in [-0.05, 0) is 23.6 Å². The summed E-state index contributed by atoms with van der Waals surface area (Å²) in [6, 6.07) is 10.8. The predicted molar refractivity (Wildman–Crippen MR) is 80.0 cm³/mol. The van der Waals surface area contributed by atoms with E-state index in [1.807, 2.05) is 17.5 Å². The third kappa shape index (κ3) is 2.97. The van der Waals surface area contributed by atoms with Crippen LogP contribution in [-0.2, 0) is 17.9 Å². The smallest absolute Gasteiger partial charge is 0.278 e. The number of fused-ring (bicyclic) bond motifs is 1. The number of benzene rings is 1. The monoisotopic (exact) mass is 300 g/mol. The van der Waals surface area contributed by atoms with E-state index in [1.165, 1.54) is 0 Å². The predicted octanol–water partition coefficient (Wildman–Crippen LogP) is 1.17. The van der Waals surface area contributed by atoms with Gasteiger partial charge >= 0.3 is 0 Å². The minimum absolute atomic E-state index is 0.137. The Bertz CT molecular complexity index is 826. The van der Waals surface area contributed by atoms with Crippen LogP contribution in [0.15, 0.2) is 46.6 Å². The maximum Gasteiger partial charge on any atom is 0.278 e. The van der Waals surface area contributed by atoms with Crippen molar-refractivity contribution in [3.05, 3.63) is 57.0 Å². The van der Waals surface area contributed by atoms with Crippen LogP contribution in [0.1, 0.15) is 4.88 Å². The lowest BCUT2D eigenvalue weighted by Gasteiger charge is -2.05. The molecular formula is C14H12N4O2S. The van der Waals surface area contributed by atoms with Crippen molar-refractivity contribution in [2.24, 2.45) is 0 Å². The first-order valence-electron chi connectivity index (χ1n) is 6.35. The third-order valence-corrected chi connectivity index (χ3v) is 3.84. The van der Waals surface area contributed by atoms with Gasteiger partial charge in [0.15, 0.2) is 0 Å². The number of nitrogens with zero attached hydrogens (tertiary/aromatic N) is 3. The second-order valence-electron chi connectivity index (χ2n) is 4.43. The van der Waals surface area contributed by atoms with Gasteiger partial charge in [-0.1, -0.05) is 23.4 Å². The van der Waals surface area contributed by atoms with Crippen LogP contribution in [0.5, 0.6) is 0 Å². The van der Waals surface area contributed by atoms with E-state index < -0.39 is 0 Å². The van der Waals surface area contributed by atoms with Crippen molar-refractivity contribution in [2.75, 3.05) is 0 Å². The molecule has 0 atom stereocenters. The maximum absolute atomic E-state index is 12.2. The topological polar surface area (TPSA) is 76.9 Å². The van der Waals surface area contributed by atoms with Gasteiger partial charge in [0.1, 0.15) is 12.1 Å². The van der Waals surface area contributed by atoms with Crippen molar-refractivity contribution in [3.8, 4) is 0 Å². The summed E-state index contributed by atoms with van der Waals surface area (Å²) in [6.07, 6.45) is 0. The molecule has 3 aromatic rings. The van der Waals surface area contributed by atoms with E-state index in [9.17, 15) is 9.59 Å². The van der Waals surface area contributed by atoms with Crippen LogP contribution in [0.2, 0.25) is 0 Å². The Morgan fingerprint density at radius 2 is 2.10 bits per heavy atom. The van der Waals surface area contributed by atoms with Crippen LogP contribution in [0, 0.1) is 0 Å². The molecule has 0 saturated carbocycles. The molecule has 21 heavy (non-hydrogen) atoms. The van der Waals surface area contributed by atoms with Gasteiger partial charge in [-0.3, -0.25) is 9.59 Å². The Labute approximate surface area is 124 Å². The normalized spacial score (nSPS) is 10.7. The number of carbonyl (C=O) groups is 1. The van der Waals surface area contributed by atoms with Crippen molar-refractivity contribution < 1.29 is 4.79 Å². The van der Waals surface area contributed by atoms with Crippen molar-refractivity contribution >= 4 is 28.1 Å². The van der Waals surface area contributed by atoms with Gasteiger partial charge in [0.2, 0.25) is 5.91 Å². The number of carbonyl (C=O) groups excluding carboxylic acids is 1. The Morgan fingerprint density at radius 1 is 1.24 bits per heavy atom. The average molecular weight is 300 g/mol. The summed E-state index contributed by atoms with van der Waals surface area (Å²) in [4.78, 5) is 25.1. The van der Waals surface area contributed by atoms with Gasteiger partial charge in [-0.25, -0.2) is 4.68 Å². The lowest BCUT2D eigenvalue weighted by Crippen LogP contribution is -2.33. The molecule has 0 fully saturated rings. The maximum atomic E-state index is 12.2. The number of thiophene rings is 1. The Hall–Kier alpha value is -2.54. The number of hydrogen-bond acceptors (Lipinski definition) is 5. The first-order chi connectivity index (χ1) is 10.2.